The van der Waals surface area contributed by atoms with Crippen molar-refractivity contribution < 1.29 is 11.5 Å². The maximum Gasteiger partial charge on any atom is 0.239 e. The zero-order valence-corrected chi connectivity index (χ0v) is 21.6. The summed E-state index contributed by atoms with van der Waals surface area (Å²) in [6.45, 7) is 2.26. The van der Waals surface area contributed by atoms with E-state index in [-0.39, 0.29) is 4.90 Å². The molecule has 0 heterocycles. The molecule has 0 saturated heterocycles. The van der Waals surface area contributed by atoms with E-state index in [0.29, 0.717) is 3.57 Å². The molecule has 4 nitrogen and oxygen atoms in total. The van der Waals surface area contributed by atoms with E-state index in [9.17, 15) is 11.5 Å². The van der Waals surface area contributed by atoms with Crippen LogP contribution >= 0.6 is 21.2 Å². The molecule has 0 atom stereocenters. The van der Waals surface area contributed by atoms with Gasteiger partial charge in [-0.05, 0) is 56.2 Å². The standard InChI is InChI=1S/C24H40INO3S/c1-2-3-4-5-6-7-8-9-10-11-12-13-14-15-16-17-18-22-19-20-23(25-27)24(21-22)30(26,28)29/h11-12,19-21H,2-10,13-18H2,1H3,(H2,26,28,29)/b12-11+. The first-order chi connectivity index (χ1) is 14.5. The molecule has 0 spiro atoms. The summed E-state index contributed by atoms with van der Waals surface area (Å²) in [5.41, 5.74) is 0.950. The maximum absolute atomic E-state index is 11.6. The highest BCUT2D eigenvalue weighted by atomic mass is 127. The number of primary sulfonamides is 1. The van der Waals surface area contributed by atoms with Gasteiger partial charge >= 0.3 is 0 Å². The first-order valence-electron chi connectivity index (χ1n) is 11.6. The first kappa shape index (κ1) is 27.4. The molecule has 0 fully saturated rings. The van der Waals surface area contributed by atoms with Crippen LogP contribution in [0.5, 0.6) is 0 Å². The zero-order chi connectivity index (χ0) is 22.1. The summed E-state index contributed by atoms with van der Waals surface area (Å²) >= 11 is -1.54. The molecule has 0 aliphatic carbocycles. The Kier molecular flexibility index (Phi) is 15.6. The van der Waals surface area contributed by atoms with E-state index in [4.69, 9.17) is 5.14 Å². The number of aryl methyl sites for hydroxylation is 1. The summed E-state index contributed by atoms with van der Waals surface area (Å²) in [4.78, 5) is 0.0319. The average molecular weight is 550 g/mol. The number of sulfonamides is 1. The summed E-state index contributed by atoms with van der Waals surface area (Å²) in [6.07, 6.45) is 23.4. The third-order valence-corrected chi connectivity index (χ3v) is 8.09. The van der Waals surface area contributed by atoms with Crippen LogP contribution in [0.1, 0.15) is 102 Å². The van der Waals surface area contributed by atoms with Crippen molar-refractivity contribution in [2.45, 2.75) is 108 Å². The Balaban J connectivity index is 2.06. The molecule has 0 radical (unpaired) electrons. The molecule has 6 heteroatoms. The van der Waals surface area contributed by atoms with E-state index in [0.717, 1.165) is 31.2 Å². The van der Waals surface area contributed by atoms with E-state index in [2.05, 4.69) is 19.1 Å². The smallest absolute Gasteiger partial charge is 0.239 e. The van der Waals surface area contributed by atoms with Crippen LogP contribution < -0.4 is 5.14 Å². The Bertz CT molecular complexity index is 732. The molecule has 30 heavy (non-hydrogen) atoms. The summed E-state index contributed by atoms with van der Waals surface area (Å²) in [5.74, 6) is 0. The van der Waals surface area contributed by atoms with Crippen molar-refractivity contribution in [1.29, 1.82) is 0 Å². The number of rotatable bonds is 18. The van der Waals surface area contributed by atoms with Crippen LogP contribution in [0.25, 0.3) is 0 Å². The van der Waals surface area contributed by atoms with Crippen LogP contribution in [0.3, 0.4) is 0 Å². The normalized spacial score (nSPS) is 12.1. The molecule has 1 aromatic rings. The predicted octanol–water partition coefficient (Wildman–Crippen LogP) is 7.40. The number of allylic oxidation sites excluding steroid dienone is 2. The molecule has 172 valence electrons. The van der Waals surface area contributed by atoms with Gasteiger partial charge in [-0.15, -0.1) is 0 Å². The Morgan fingerprint density at radius 2 is 1.37 bits per heavy atom. The molecular formula is C24H40INO3S. The Morgan fingerprint density at radius 3 is 1.90 bits per heavy atom. The third kappa shape index (κ3) is 13.0. The van der Waals surface area contributed by atoms with Gasteiger partial charge in [-0.1, -0.05) is 82.9 Å². The predicted molar refractivity (Wildman–Crippen MR) is 134 cm³/mol. The highest BCUT2D eigenvalue weighted by molar-refractivity contribution is 14.1. The molecule has 0 aliphatic rings. The van der Waals surface area contributed by atoms with Crippen LogP contribution in [0.4, 0.5) is 0 Å². The largest absolute Gasteiger partial charge is 0.265 e. The number of unbranched alkanes of at least 4 members (excludes halogenated alkanes) is 12. The van der Waals surface area contributed by atoms with Crippen LogP contribution in [0.15, 0.2) is 35.2 Å². The van der Waals surface area contributed by atoms with E-state index >= 15 is 0 Å². The van der Waals surface area contributed by atoms with Crippen LogP contribution in [-0.4, -0.2) is 8.42 Å². The van der Waals surface area contributed by atoms with Gasteiger partial charge in [0, 0.05) is 0 Å². The summed E-state index contributed by atoms with van der Waals surface area (Å²) in [5, 5.41) is 5.24. The minimum atomic E-state index is -3.81. The number of hydrogen-bond donors (Lipinski definition) is 1. The topological polar surface area (TPSA) is 77.2 Å². The minimum absolute atomic E-state index is 0.0319. The second-order valence-corrected chi connectivity index (χ2v) is 11.2. The van der Waals surface area contributed by atoms with Gasteiger partial charge in [0.05, 0.1) is 8.47 Å². The maximum atomic E-state index is 11.6. The van der Waals surface area contributed by atoms with Gasteiger partial charge in [-0.2, -0.15) is 0 Å². The number of nitrogens with two attached hydrogens (primary N) is 1. The van der Waals surface area contributed by atoms with Gasteiger partial charge in [0.15, 0.2) is 21.2 Å². The van der Waals surface area contributed by atoms with Crippen LogP contribution in [0, 0.1) is 3.57 Å². The van der Waals surface area contributed by atoms with Crippen molar-refractivity contribution in [3.8, 4) is 0 Å². The molecule has 0 saturated carbocycles. The second-order valence-electron chi connectivity index (χ2n) is 8.07. The van der Waals surface area contributed by atoms with Crippen molar-refractivity contribution >= 4 is 31.2 Å². The monoisotopic (exact) mass is 549 g/mol. The number of halogens is 1. The summed E-state index contributed by atoms with van der Waals surface area (Å²) in [7, 11) is -3.81. The van der Waals surface area contributed by atoms with Gasteiger partial charge in [0.2, 0.25) is 10.0 Å². The Labute approximate surface area is 194 Å². The molecule has 0 unspecified atom stereocenters. The quantitative estimate of drug-likeness (QED) is 0.118. The van der Waals surface area contributed by atoms with E-state index < -0.39 is 31.2 Å². The molecule has 1 rings (SSSR count). The SMILES string of the molecule is CCCCCCCCCC/C=C/CCCCCCc1ccc(I=O)c(S(N)(=O)=O)c1. The van der Waals surface area contributed by atoms with Gasteiger partial charge in [0.1, 0.15) is 0 Å². The van der Waals surface area contributed by atoms with Crippen LogP contribution in [0.2, 0.25) is 0 Å². The molecule has 2 N–H and O–H groups in total. The number of hydrogen-bond acceptors (Lipinski definition) is 3. The molecule has 0 amide bonds. The Morgan fingerprint density at radius 1 is 0.833 bits per heavy atom. The fraction of sp³-hybridized carbons (Fsp3) is 0.667. The lowest BCUT2D eigenvalue weighted by Crippen LogP contribution is -2.14. The molecule has 0 aromatic heterocycles. The lowest BCUT2D eigenvalue weighted by Gasteiger charge is -2.06. The fourth-order valence-corrected chi connectivity index (χ4v) is 6.05. The molecule has 0 bridgehead atoms. The fourth-order valence-electron chi connectivity index (χ4n) is 3.56. The van der Waals surface area contributed by atoms with Gasteiger partial charge < -0.3 is 0 Å². The highest BCUT2D eigenvalue weighted by Crippen LogP contribution is 2.22. The van der Waals surface area contributed by atoms with Gasteiger partial charge in [-0.25, -0.2) is 13.6 Å². The molecule has 1 aromatic carbocycles. The minimum Gasteiger partial charge on any atom is -0.265 e. The zero-order valence-electron chi connectivity index (χ0n) is 18.6. The van der Waals surface area contributed by atoms with Crippen molar-refractivity contribution in [2.75, 3.05) is 0 Å². The van der Waals surface area contributed by atoms with E-state index in [1.165, 1.54) is 70.6 Å². The van der Waals surface area contributed by atoms with Gasteiger partial charge in [0.25, 0.3) is 0 Å². The van der Waals surface area contributed by atoms with Crippen molar-refractivity contribution in [1.82, 2.24) is 0 Å². The van der Waals surface area contributed by atoms with E-state index in [1.807, 2.05) is 6.07 Å². The number of benzene rings is 1. The Hall–Kier alpha value is -0.600. The van der Waals surface area contributed by atoms with Gasteiger partial charge in [-0.3, -0.25) is 3.07 Å². The molecule has 0 aliphatic heterocycles. The van der Waals surface area contributed by atoms with Crippen LogP contribution in [-0.2, 0) is 19.5 Å². The first-order valence-corrected chi connectivity index (χ1v) is 15.1. The molecular weight excluding hydrogens is 509 g/mol. The lowest BCUT2D eigenvalue weighted by atomic mass is 10.1. The average Bonchev–Trinajstić information content (AvgIpc) is 2.72. The summed E-state index contributed by atoms with van der Waals surface area (Å²) < 4.78 is 34.8. The van der Waals surface area contributed by atoms with Crippen molar-refractivity contribution in [2.24, 2.45) is 5.14 Å². The third-order valence-electron chi connectivity index (χ3n) is 5.36. The van der Waals surface area contributed by atoms with Crippen molar-refractivity contribution in [3.05, 3.63) is 39.5 Å². The second kappa shape index (κ2) is 17.0. The highest BCUT2D eigenvalue weighted by Gasteiger charge is 2.14. The summed E-state index contributed by atoms with van der Waals surface area (Å²) in [6, 6.07) is 5.11. The van der Waals surface area contributed by atoms with E-state index in [1.54, 1.807) is 12.1 Å². The van der Waals surface area contributed by atoms with Crippen molar-refractivity contribution in [3.63, 3.8) is 0 Å². The lowest BCUT2D eigenvalue weighted by molar-refractivity contribution is 0.577.